The van der Waals surface area contributed by atoms with E-state index >= 15 is 0 Å². The van der Waals surface area contributed by atoms with Crippen molar-refractivity contribution in [2.75, 3.05) is 0 Å². The van der Waals surface area contributed by atoms with Crippen LogP contribution in [0.1, 0.15) is 17.0 Å². The van der Waals surface area contributed by atoms with Gasteiger partial charge in [0, 0.05) is 5.02 Å². The van der Waals surface area contributed by atoms with E-state index in [1.807, 2.05) is 42.5 Å². The number of aromatic nitrogens is 3. The highest BCUT2D eigenvalue weighted by Gasteiger charge is 2.13. The maximum Gasteiger partial charge on any atom is 0.112 e. The molecule has 0 atom stereocenters. The molecule has 3 aromatic rings. The van der Waals surface area contributed by atoms with E-state index in [9.17, 15) is 5.11 Å². The molecular formula is C17H16ClN3O. The smallest absolute Gasteiger partial charge is 0.112 e. The number of nitrogens with zero attached hydrogens (tertiary/aromatic N) is 3. The fourth-order valence-electron chi connectivity index (χ4n) is 2.40. The van der Waals surface area contributed by atoms with Crippen molar-refractivity contribution < 1.29 is 5.11 Å². The van der Waals surface area contributed by atoms with Gasteiger partial charge in [-0.15, -0.1) is 5.10 Å². The standard InChI is InChI=1S/C17H16ClN3O/c18-14-7-9-15(10-8-14)21-17(16(12-22)19-20-21)11-6-13-4-2-1-3-5-13/h1-5,7-10,22H,6,11-12H2. The molecule has 1 heterocycles. The minimum Gasteiger partial charge on any atom is -0.390 e. The quantitative estimate of drug-likeness (QED) is 0.787. The molecule has 0 aliphatic heterocycles. The van der Waals surface area contributed by atoms with Crippen molar-refractivity contribution >= 4 is 11.6 Å². The first-order valence-electron chi connectivity index (χ1n) is 7.12. The maximum absolute atomic E-state index is 9.48. The second-order valence-corrected chi connectivity index (χ2v) is 5.45. The van der Waals surface area contributed by atoms with Gasteiger partial charge in [0.1, 0.15) is 5.69 Å². The number of aliphatic hydroxyl groups is 1. The van der Waals surface area contributed by atoms with Crippen molar-refractivity contribution in [3.8, 4) is 5.69 Å². The van der Waals surface area contributed by atoms with Gasteiger partial charge in [-0.05, 0) is 42.7 Å². The molecule has 2 aromatic carbocycles. The van der Waals surface area contributed by atoms with Crippen LogP contribution < -0.4 is 0 Å². The van der Waals surface area contributed by atoms with E-state index in [1.54, 1.807) is 4.68 Å². The minimum absolute atomic E-state index is 0.113. The molecule has 0 spiro atoms. The molecule has 0 saturated carbocycles. The van der Waals surface area contributed by atoms with Gasteiger partial charge in [-0.25, -0.2) is 4.68 Å². The van der Waals surface area contributed by atoms with Crippen molar-refractivity contribution in [2.24, 2.45) is 0 Å². The van der Waals surface area contributed by atoms with E-state index in [1.165, 1.54) is 5.56 Å². The average molecular weight is 314 g/mol. The van der Waals surface area contributed by atoms with E-state index in [0.29, 0.717) is 10.7 Å². The first-order valence-corrected chi connectivity index (χ1v) is 7.50. The molecule has 0 radical (unpaired) electrons. The van der Waals surface area contributed by atoms with Gasteiger partial charge in [-0.2, -0.15) is 0 Å². The van der Waals surface area contributed by atoms with Crippen LogP contribution in [0.2, 0.25) is 5.02 Å². The normalized spacial score (nSPS) is 10.8. The van der Waals surface area contributed by atoms with Gasteiger partial charge in [0.05, 0.1) is 18.0 Å². The van der Waals surface area contributed by atoms with Gasteiger partial charge < -0.3 is 5.11 Å². The van der Waals surface area contributed by atoms with Crippen LogP contribution in [0, 0.1) is 0 Å². The van der Waals surface area contributed by atoms with Crippen LogP contribution in [-0.4, -0.2) is 20.1 Å². The summed E-state index contributed by atoms with van der Waals surface area (Å²) in [6, 6.07) is 17.7. The highest BCUT2D eigenvalue weighted by molar-refractivity contribution is 6.30. The van der Waals surface area contributed by atoms with Crippen molar-refractivity contribution in [1.82, 2.24) is 15.0 Å². The highest BCUT2D eigenvalue weighted by atomic mass is 35.5. The molecule has 1 N–H and O–H groups in total. The molecule has 1 aromatic heterocycles. The number of halogens is 1. The van der Waals surface area contributed by atoms with Crippen LogP contribution in [0.25, 0.3) is 5.69 Å². The second kappa shape index (κ2) is 6.73. The zero-order valence-corrected chi connectivity index (χ0v) is 12.7. The molecule has 22 heavy (non-hydrogen) atoms. The highest BCUT2D eigenvalue weighted by Crippen LogP contribution is 2.18. The van der Waals surface area contributed by atoms with E-state index in [0.717, 1.165) is 24.2 Å². The number of rotatable bonds is 5. The van der Waals surface area contributed by atoms with Crippen LogP contribution in [0.3, 0.4) is 0 Å². The first-order chi connectivity index (χ1) is 10.8. The fourth-order valence-corrected chi connectivity index (χ4v) is 2.53. The lowest BCUT2D eigenvalue weighted by Crippen LogP contribution is -2.05. The lowest BCUT2D eigenvalue weighted by molar-refractivity contribution is 0.275. The summed E-state index contributed by atoms with van der Waals surface area (Å²) in [4.78, 5) is 0. The molecule has 0 unspecified atom stereocenters. The fraction of sp³-hybridized carbons (Fsp3) is 0.176. The lowest BCUT2D eigenvalue weighted by atomic mass is 10.1. The molecule has 3 rings (SSSR count). The van der Waals surface area contributed by atoms with Crippen LogP contribution in [-0.2, 0) is 19.4 Å². The molecule has 0 fully saturated rings. The number of hydrogen-bond acceptors (Lipinski definition) is 3. The molecule has 4 nitrogen and oxygen atoms in total. The Morgan fingerprint density at radius 2 is 1.68 bits per heavy atom. The Hall–Kier alpha value is -2.17. The molecule has 112 valence electrons. The minimum atomic E-state index is -0.113. The summed E-state index contributed by atoms with van der Waals surface area (Å²) in [5.41, 5.74) is 3.68. The van der Waals surface area contributed by atoms with E-state index in [2.05, 4.69) is 22.4 Å². The number of benzene rings is 2. The Morgan fingerprint density at radius 1 is 0.955 bits per heavy atom. The molecule has 0 aliphatic carbocycles. The first kappa shape index (κ1) is 14.8. The van der Waals surface area contributed by atoms with Crippen molar-refractivity contribution in [1.29, 1.82) is 0 Å². The third kappa shape index (κ3) is 3.18. The van der Waals surface area contributed by atoms with Crippen molar-refractivity contribution in [2.45, 2.75) is 19.4 Å². The van der Waals surface area contributed by atoms with Gasteiger partial charge >= 0.3 is 0 Å². The second-order valence-electron chi connectivity index (χ2n) is 5.01. The van der Waals surface area contributed by atoms with Gasteiger partial charge in [0.25, 0.3) is 0 Å². The maximum atomic E-state index is 9.48. The van der Waals surface area contributed by atoms with Crippen molar-refractivity contribution in [3.63, 3.8) is 0 Å². The van der Waals surface area contributed by atoms with Gasteiger partial charge in [-0.3, -0.25) is 0 Å². The summed E-state index contributed by atoms with van der Waals surface area (Å²) in [5.74, 6) is 0. The third-order valence-corrected chi connectivity index (χ3v) is 3.81. The molecule has 0 saturated heterocycles. The molecule has 5 heteroatoms. The summed E-state index contributed by atoms with van der Waals surface area (Å²) >= 11 is 5.93. The molecule has 0 aliphatic rings. The Kier molecular flexibility index (Phi) is 4.51. The average Bonchev–Trinajstić information content (AvgIpc) is 2.97. The summed E-state index contributed by atoms with van der Waals surface area (Å²) in [5, 5.41) is 18.4. The molecule has 0 amide bonds. The predicted molar refractivity (Wildman–Crippen MR) is 86.1 cm³/mol. The SMILES string of the molecule is OCc1nnn(-c2ccc(Cl)cc2)c1CCc1ccccc1. The summed E-state index contributed by atoms with van der Waals surface area (Å²) in [6.07, 6.45) is 1.63. The van der Waals surface area contributed by atoms with E-state index in [-0.39, 0.29) is 6.61 Å². The Bertz CT molecular complexity index is 738. The van der Waals surface area contributed by atoms with Gasteiger partial charge in [0.2, 0.25) is 0 Å². The zero-order chi connectivity index (χ0) is 15.4. The van der Waals surface area contributed by atoms with Gasteiger partial charge in [-0.1, -0.05) is 47.1 Å². The number of aryl methyl sites for hydroxylation is 1. The van der Waals surface area contributed by atoms with Crippen LogP contribution in [0.4, 0.5) is 0 Å². The summed E-state index contributed by atoms with van der Waals surface area (Å²) < 4.78 is 1.77. The molecule has 0 bridgehead atoms. The largest absolute Gasteiger partial charge is 0.390 e. The zero-order valence-electron chi connectivity index (χ0n) is 12.0. The van der Waals surface area contributed by atoms with Crippen molar-refractivity contribution in [3.05, 3.63) is 76.6 Å². The Labute approximate surface area is 134 Å². The predicted octanol–water partition coefficient (Wildman–Crippen LogP) is 3.20. The number of aliphatic hydroxyl groups excluding tert-OH is 1. The third-order valence-electron chi connectivity index (χ3n) is 3.56. The number of hydrogen-bond donors (Lipinski definition) is 1. The van der Waals surface area contributed by atoms with E-state index in [4.69, 9.17) is 11.6 Å². The summed E-state index contributed by atoms with van der Waals surface area (Å²) in [6.45, 7) is -0.113. The monoisotopic (exact) mass is 313 g/mol. The van der Waals surface area contributed by atoms with Crippen LogP contribution >= 0.6 is 11.6 Å². The Balaban J connectivity index is 1.88. The molecular weight excluding hydrogens is 298 g/mol. The Morgan fingerprint density at radius 3 is 2.36 bits per heavy atom. The lowest BCUT2D eigenvalue weighted by Gasteiger charge is -2.08. The topological polar surface area (TPSA) is 50.9 Å². The van der Waals surface area contributed by atoms with Crippen LogP contribution in [0.5, 0.6) is 0 Å². The van der Waals surface area contributed by atoms with Crippen LogP contribution in [0.15, 0.2) is 54.6 Å². The summed E-state index contributed by atoms with van der Waals surface area (Å²) in [7, 11) is 0. The van der Waals surface area contributed by atoms with E-state index < -0.39 is 0 Å². The van der Waals surface area contributed by atoms with Gasteiger partial charge in [0.15, 0.2) is 0 Å².